The number of hydrogen-bond acceptors (Lipinski definition) is 2. The second-order valence-electron chi connectivity index (χ2n) is 4.16. The molecule has 1 unspecified atom stereocenters. The number of hydrogen-bond donors (Lipinski definition) is 0. The van der Waals surface area contributed by atoms with Crippen LogP contribution < -0.4 is 0 Å². The Labute approximate surface area is 95.6 Å². The largest absolute Gasteiger partial charge is 0.598 e. The average Bonchev–Trinajstić information content (AvgIpc) is 2.18. The molecule has 3 heteroatoms. The topological polar surface area (TPSA) is 26.3 Å². The van der Waals surface area contributed by atoms with E-state index in [4.69, 9.17) is 0 Å². The van der Waals surface area contributed by atoms with E-state index in [-0.39, 0.29) is 0 Å². The molecule has 0 radical (unpaired) electrons. The van der Waals surface area contributed by atoms with Crippen LogP contribution in [0.5, 0.6) is 0 Å². The standard InChI is InChI=1S/C12H19NOS/c1-11(2)9-13(3)15(14)10-12-7-5-4-6-8-12/h4-8,11H,9-10H2,1-3H3. The third kappa shape index (κ3) is 4.69. The summed E-state index contributed by atoms with van der Waals surface area (Å²) in [6.45, 7) is 5.14. The highest BCUT2D eigenvalue weighted by atomic mass is 32.2. The van der Waals surface area contributed by atoms with E-state index in [0.717, 1.165) is 12.1 Å². The van der Waals surface area contributed by atoms with Gasteiger partial charge >= 0.3 is 0 Å². The number of rotatable bonds is 5. The van der Waals surface area contributed by atoms with E-state index < -0.39 is 11.4 Å². The number of benzene rings is 1. The van der Waals surface area contributed by atoms with Crippen molar-refractivity contribution in [2.24, 2.45) is 5.92 Å². The zero-order valence-corrected chi connectivity index (χ0v) is 10.5. The van der Waals surface area contributed by atoms with Crippen LogP contribution in [0.2, 0.25) is 0 Å². The summed E-state index contributed by atoms with van der Waals surface area (Å²) < 4.78 is 13.8. The van der Waals surface area contributed by atoms with Crippen LogP contribution in [0, 0.1) is 5.92 Å². The van der Waals surface area contributed by atoms with Crippen molar-refractivity contribution >= 4 is 11.4 Å². The first-order valence-corrected chi connectivity index (χ1v) is 6.50. The summed E-state index contributed by atoms with van der Waals surface area (Å²) >= 11 is -0.903. The second-order valence-corrected chi connectivity index (χ2v) is 5.71. The lowest BCUT2D eigenvalue weighted by Crippen LogP contribution is -2.31. The summed E-state index contributed by atoms with van der Waals surface area (Å²) in [6.07, 6.45) is 0. The molecule has 15 heavy (non-hydrogen) atoms. The van der Waals surface area contributed by atoms with Crippen LogP contribution in [0.1, 0.15) is 19.4 Å². The van der Waals surface area contributed by atoms with Gasteiger partial charge in [0.2, 0.25) is 0 Å². The fourth-order valence-electron chi connectivity index (χ4n) is 1.42. The van der Waals surface area contributed by atoms with Crippen molar-refractivity contribution in [2.45, 2.75) is 19.6 Å². The second kappa shape index (κ2) is 6.16. The quantitative estimate of drug-likeness (QED) is 0.719. The van der Waals surface area contributed by atoms with Gasteiger partial charge in [-0.3, -0.25) is 0 Å². The van der Waals surface area contributed by atoms with E-state index in [0.29, 0.717) is 11.7 Å². The van der Waals surface area contributed by atoms with Crippen molar-refractivity contribution < 1.29 is 4.55 Å². The average molecular weight is 225 g/mol. The molecule has 0 aliphatic carbocycles. The first-order valence-electron chi connectivity index (χ1n) is 5.23. The molecule has 1 aromatic rings. The van der Waals surface area contributed by atoms with Crippen LogP contribution in [-0.2, 0) is 17.1 Å². The SMILES string of the molecule is CC(C)CN(C)[S+]([O-])Cc1ccccc1. The van der Waals surface area contributed by atoms with Crippen LogP contribution in [0.25, 0.3) is 0 Å². The Kier molecular flexibility index (Phi) is 5.15. The molecular formula is C12H19NOS. The van der Waals surface area contributed by atoms with Gasteiger partial charge in [0.15, 0.2) is 5.75 Å². The van der Waals surface area contributed by atoms with Crippen molar-refractivity contribution in [3.63, 3.8) is 0 Å². The minimum Gasteiger partial charge on any atom is -0.598 e. The maximum Gasteiger partial charge on any atom is 0.150 e. The lowest BCUT2D eigenvalue weighted by Gasteiger charge is -2.21. The molecule has 0 amide bonds. The van der Waals surface area contributed by atoms with E-state index in [9.17, 15) is 4.55 Å². The fourth-order valence-corrected chi connectivity index (χ4v) is 2.59. The van der Waals surface area contributed by atoms with E-state index in [1.165, 1.54) is 0 Å². The molecule has 0 aliphatic rings. The van der Waals surface area contributed by atoms with Gasteiger partial charge in [-0.1, -0.05) is 44.2 Å². The molecular weight excluding hydrogens is 206 g/mol. The molecule has 0 fully saturated rings. The first kappa shape index (κ1) is 12.6. The molecule has 0 aromatic heterocycles. The summed E-state index contributed by atoms with van der Waals surface area (Å²) in [6, 6.07) is 9.97. The Morgan fingerprint density at radius 3 is 2.40 bits per heavy atom. The van der Waals surface area contributed by atoms with Crippen molar-refractivity contribution in [1.82, 2.24) is 4.31 Å². The van der Waals surface area contributed by atoms with Gasteiger partial charge in [0.05, 0.1) is 0 Å². The lowest BCUT2D eigenvalue weighted by molar-refractivity contribution is 0.416. The fraction of sp³-hybridized carbons (Fsp3) is 0.500. The molecule has 0 bridgehead atoms. The van der Waals surface area contributed by atoms with Gasteiger partial charge in [-0.2, -0.15) is 0 Å². The van der Waals surface area contributed by atoms with Crippen LogP contribution in [0.4, 0.5) is 0 Å². The lowest BCUT2D eigenvalue weighted by atomic mass is 10.2. The van der Waals surface area contributed by atoms with Gasteiger partial charge in [-0.15, -0.1) is 4.31 Å². The minimum absolute atomic E-state index is 0.551. The van der Waals surface area contributed by atoms with Crippen LogP contribution >= 0.6 is 0 Å². The van der Waals surface area contributed by atoms with Gasteiger partial charge in [0, 0.05) is 30.5 Å². The molecule has 1 atom stereocenters. The van der Waals surface area contributed by atoms with E-state index in [1.807, 2.05) is 41.7 Å². The molecule has 0 saturated heterocycles. The van der Waals surface area contributed by atoms with Crippen LogP contribution in [0.3, 0.4) is 0 Å². The number of nitrogens with zero attached hydrogens (tertiary/aromatic N) is 1. The molecule has 1 aromatic carbocycles. The van der Waals surface area contributed by atoms with Crippen LogP contribution in [0.15, 0.2) is 30.3 Å². The van der Waals surface area contributed by atoms with Crippen molar-refractivity contribution in [3.8, 4) is 0 Å². The first-order chi connectivity index (χ1) is 7.09. The summed E-state index contributed by atoms with van der Waals surface area (Å²) in [5.41, 5.74) is 1.13. The summed E-state index contributed by atoms with van der Waals surface area (Å²) in [4.78, 5) is 0. The van der Waals surface area contributed by atoms with E-state index in [1.54, 1.807) is 0 Å². The normalized spacial score (nSPS) is 13.5. The molecule has 0 heterocycles. The summed E-state index contributed by atoms with van der Waals surface area (Å²) in [7, 11) is 1.92. The van der Waals surface area contributed by atoms with Crippen molar-refractivity contribution in [2.75, 3.05) is 13.6 Å². The molecule has 1 rings (SSSR count). The van der Waals surface area contributed by atoms with Crippen molar-refractivity contribution in [3.05, 3.63) is 35.9 Å². The smallest absolute Gasteiger partial charge is 0.150 e. The predicted octanol–water partition coefficient (Wildman–Crippen LogP) is 2.44. The predicted molar refractivity (Wildman–Crippen MR) is 65.8 cm³/mol. The highest BCUT2D eigenvalue weighted by Crippen LogP contribution is 2.10. The van der Waals surface area contributed by atoms with Gasteiger partial charge in [-0.05, 0) is 5.92 Å². The Morgan fingerprint density at radius 1 is 1.27 bits per heavy atom. The molecule has 2 nitrogen and oxygen atoms in total. The Bertz CT molecular complexity index is 276. The van der Waals surface area contributed by atoms with Gasteiger partial charge in [0.1, 0.15) is 0 Å². The van der Waals surface area contributed by atoms with E-state index in [2.05, 4.69) is 13.8 Å². The minimum atomic E-state index is -0.903. The Balaban J connectivity index is 2.45. The zero-order chi connectivity index (χ0) is 11.3. The Morgan fingerprint density at radius 2 is 1.87 bits per heavy atom. The monoisotopic (exact) mass is 225 g/mol. The van der Waals surface area contributed by atoms with Crippen LogP contribution in [-0.4, -0.2) is 22.5 Å². The highest BCUT2D eigenvalue weighted by Gasteiger charge is 2.15. The summed E-state index contributed by atoms with van der Waals surface area (Å²) in [5, 5.41) is 0. The van der Waals surface area contributed by atoms with E-state index >= 15 is 0 Å². The maximum atomic E-state index is 11.9. The molecule has 0 aliphatic heterocycles. The molecule has 0 spiro atoms. The van der Waals surface area contributed by atoms with Gasteiger partial charge < -0.3 is 4.55 Å². The van der Waals surface area contributed by atoms with Gasteiger partial charge in [0.25, 0.3) is 0 Å². The highest BCUT2D eigenvalue weighted by molar-refractivity contribution is 7.88. The zero-order valence-electron chi connectivity index (χ0n) is 9.64. The molecule has 0 saturated carbocycles. The van der Waals surface area contributed by atoms with Gasteiger partial charge in [-0.25, -0.2) is 0 Å². The third-order valence-corrected chi connectivity index (χ3v) is 3.53. The van der Waals surface area contributed by atoms with Crippen molar-refractivity contribution in [1.29, 1.82) is 0 Å². The molecule has 84 valence electrons. The maximum absolute atomic E-state index is 11.9. The molecule has 0 N–H and O–H groups in total. The summed E-state index contributed by atoms with van der Waals surface area (Å²) in [5.74, 6) is 1.17. The third-order valence-electron chi connectivity index (χ3n) is 2.10. The Hall–Kier alpha value is -0.510.